The number of carbonyl (C=O) groups is 1. The second kappa shape index (κ2) is 3.42. The van der Waals surface area contributed by atoms with Gasteiger partial charge in [0.15, 0.2) is 0 Å². The van der Waals surface area contributed by atoms with Crippen molar-refractivity contribution in [3.05, 3.63) is 12.3 Å². The van der Waals surface area contributed by atoms with Crippen LogP contribution in [0.1, 0.15) is 19.8 Å². The summed E-state index contributed by atoms with van der Waals surface area (Å²) in [5.74, 6) is 0. The van der Waals surface area contributed by atoms with E-state index in [4.69, 9.17) is 4.74 Å². The Balaban J connectivity index is 2.41. The number of amides is 1. The Morgan fingerprint density at radius 3 is 2.91 bits per heavy atom. The predicted octanol–water partition coefficient (Wildman–Crippen LogP) is 1.75. The highest BCUT2D eigenvalue weighted by Gasteiger charge is 2.24. The van der Waals surface area contributed by atoms with Crippen LogP contribution in [0.15, 0.2) is 12.3 Å². The molecule has 1 saturated heterocycles. The largest absolute Gasteiger partial charge is 0.443 e. The normalized spacial score (nSPS) is 17.4. The molecule has 1 aliphatic rings. The first-order valence-electron chi connectivity index (χ1n) is 3.87. The minimum atomic E-state index is -0.247. The van der Waals surface area contributed by atoms with Gasteiger partial charge in [-0.15, -0.1) is 0 Å². The fraction of sp³-hybridized carbons (Fsp3) is 0.625. The molecule has 0 radical (unpaired) electrons. The highest BCUT2D eigenvalue weighted by Crippen LogP contribution is 2.14. The minimum Gasteiger partial charge on any atom is -0.443 e. The molecule has 0 aliphatic carbocycles. The van der Waals surface area contributed by atoms with Gasteiger partial charge in [-0.05, 0) is 6.42 Å². The lowest BCUT2D eigenvalue weighted by molar-refractivity contribution is 0.158. The van der Waals surface area contributed by atoms with Crippen LogP contribution in [0.5, 0.6) is 0 Å². The Morgan fingerprint density at radius 1 is 1.73 bits per heavy atom. The first-order chi connectivity index (χ1) is 5.25. The van der Waals surface area contributed by atoms with Gasteiger partial charge in [-0.2, -0.15) is 0 Å². The molecule has 0 saturated carbocycles. The molecule has 0 N–H and O–H groups in total. The lowest BCUT2D eigenvalue weighted by Crippen LogP contribution is -2.23. The molecule has 62 valence electrons. The lowest BCUT2D eigenvalue weighted by Gasteiger charge is -2.11. The third-order valence-electron chi connectivity index (χ3n) is 1.70. The first-order valence-corrected chi connectivity index (χ1v) is 3.87. The molecule has 1 fully saturated rings. The third-order valence-corrected chi connectivity index (χ3v) is 1.70. The van der Waals surface area contributed by atoms with Crippen molar-refractivity contribution >= 4 is 6.09 Å². The maximum Gasteiger partial charge on any atom is 0.414 e. The standard InChI is InChI=1S/C8H13NO2/c1-3-4-5-9-7(2)6-11-8(9)10/h2-6H2,1H3. The van der Waals surface area contributed by atoms with Crippen molar-refractivity contribution in [2.75, 3.05) is 13.2 Å². The number of cyclic esters (lactones) is 1. The summed E-state index contributed by atoms with van der Waals surface area (Å²) in [5, 5.41) is 0. The summed E-state index contributed by atoms with van der Waals surface area (Å²) in [6.45, 7) is 6.91. The average molecular weight is 155 g/mol. The smallest absolute Gasteiger partial charge is 0.414 e. The van der Waals surface area contributed by atoms with Gasteiger partial charge < -0.3 is 4.74 Å². The van der Waals surface area contributed by atoms with Crippen molar-refractivity contribution in [2.45, 2.75) is 19.8 Å². The van der Waals surface area contributed by atoms with E-state index in [-0.39, 0.29) is 6.09 Å². The Labute approximate surface area is 66.6 Å². The Kier molecular flexibility index (Phi) is 2.52. The van der Waals surface area contributed by atoms with E-state index in [1.165, 1.54) is 0 Å². The van der Waals surface area contributed by atoms with Gasteiger partial charge in [0.2, 0.25) is 0 Å². The Morgan fingerprint density at radius 2 is 2.45 bits per heavy atom. The summed E-state index contributed by atoms with van der Waals surface area (Å²) in [6, 6.07) is 0. The van der Waals surface area contributed by atoms with Gasteiger partial charge in [0.05, 0.1) is 5.70 Å². The van der Waals surface area contributed by atoms with E-state index < -0.39 is 0 Å². The zero-order chi connectivity index (χ0) is 8.27. The van der Waals surface area contributed by atoms with Gasteiger partial charge >= 0.3 is 6.09 Å². The molecule has 1 rings (SSSR count). The van der Waals surface area contributed by atoms with Gasteiger partial charge in [0, 0.05) is 6.54 Å². The van der Waals surface area contributed by atoms with Crippen molar-refractivity contribution in [1.29, 1.82) is 0 Å². The van der Waals surface area contributed by atoms with Crippen LogP contribution < -0.4 is 0 Å². The number of rotatable bonds is 3. The van der Waals surface area contributed by atoms with Gasteiger partial charge in [0.25, 0.3) is 0 Å². The second-order valence-corrected chi connectivity index (χ2v) is 2.63. The zero-order valence-electron chi connectivity index (χ0n) is 6.80. The molecule has 1 amide bonds. The first kappa shape index (κ1) is 8.11. The molecular formula is C8H13NO2. The van der Waals surface area contributed by atoms with E-state index in [9.17, 15) is 4.79 Å². The summed E-state index contributed by atoms with van der Waals surface area (Å²) in [4.78, 5) is 12.5. The van der Waals surface area contributed by atoms with Crippen LogP contribution in [0.3, 0.4) is 0 Å². The highest BCUT2D eigenvalue weighted by molar-refractivity contribution is 5.72. The molecule has 3 heteroatoms. The predicted molar refractivity (Wildman–Crippen MR) is 42.1 cm³/mol. The SMILES string of the molecule is C=C1COC(=O)N1CCCC. The van der Waals surface area contributed by atoms with Crippen LogP contribution in [0.2, 0.25) is 0 Å². The molecule has 0 aromatic heterocycles. The van der Waals surface area contributed by atoms with E-state index in [2.05, 4.69) is 13.5 Å². The van der Waals surface area contributed by atoms with Crippen molar-refractivity contribution in [3.63, 3.8) is 0 Å². The number of ether oxygens (including phenoxy) is 1. The molecule has 0 aromatic carbocycles. The van der Waals surface area contributed by atoms with E-state index in [0.717, 1.165) is 25.1 Å². The summed E-state index contributed by atoms with van der Waals surface area (Å²) >= 11 is 0. The number of hydrogen-bond donors (Lipinski definition) is 0. The quantitative estimate of drug-likeness (QED) is 0.621. The summed E-state index contributed by atoms with van der Waals surface area (Å²) < 4.78 is 4.76. The molecule has 0 spiro atoms. The fourth-order valence-corrected chi connectivity index (χ4v) is 0.996. The van der Waals surface area contributed by atoms with Crippen LogP contribution in [0.25, 0.3) is 0 Å². The molecule has 0 aromatic rings. The molecule has 1 heterocycles. The van der Waals surface area contributed by atoms with E-state index >= 15 is 0 Å². The van der Waals surface area contributed by atoms with Crippen LogP contribution in [0.4, 0.5) is 4.79 Å². The Hall–Kier alpha value is -0.990. The van der Waals surface area contributed by atoms with Gasteiger partial charge in [0.1, 0.15) is 6.61 Å². The van der Waals surface area contributed by atoms with E-state index in [0.29, 0.717) is 6.61 Å². The molecule has 0 unspecified atom stereocenters. The Bertz CT molecular complexity index is 161. The van der Waals surface area contributed by atoms with Gasteiger partial charge in [-0.3, -0.25) is 4.90 Å². The summed E-state index contributed by atoms with van der Waals surface area (Å²) in [5.41, 5.74) is 0.781. The number of hydrogen-bond acceptors (Lipinski definition) is 2. The van der Waals surface area contributed by atoms with E-state index in [1.807, 2.05) is 0 Å². The van der Waals surface area contributed by atoms with Crippen LogP contribution >= 0.6 is 0 Å². The van der Waals surface area contributed by atoms with Crippen molar-refractivity contribution < 1.29 is 9.53 Å². The van der Waals surface area contributed by atoms with Crippen molar-refractivity contribution in [3.8, 4) is 0 Å². The van der Waals surface area contributed by atoms with Crippen LogP contribution in [-0.4, -0.2) is 24.1 Å². The second-order valence-electron chi connectivity index (χ2n) is 2.63. The lowest BCUT2D eigenvalue weighted by atomic mass is 10.3. The molecule has 1 aliphatic heterocycles. The summed E-state index contributed by atoms with van der Waals surface area (Å²) in [7, 11) is 0. The monoisotopic (exact) mass is 155 g/mol. The minimum absolute atomic E-state index is 0.247. The number of carbonyl (C=O) groups excluding carboxylic acids is 1. The highest BCUT2D eigenvalue weighted by atomic mass is 16.6. The maximum absolute atomic E-state index is 10.9. The summed E-state index contributed by atoms with van der Waals surface area (Å²) in [6.07, 6.45) is 1.84. The topological polar surface area (TPSA) is 29.5 Å². The maximum atomic E-state index is 10.9. The van der Waals surface area contributed by atoms with Crippen LogP contribution in [-0.2, 0) is 4.74 Å². The molecule has 0 bridgehead atoms. The average Bonchev–Trinajstić information content (AvgIpc) is 2.29. The molecule has 3 nitrogen and oxygen atoms in total. The molecule has 0 atom stereocenters. The molecule has 11 heavy (non-hydrogen) atoms. The zero-order valence-corrected chi connectivity index (χ0v) is 6.80. The van der Waals surface area contributed by atoms with E-state index in [1.54, 1.807) is 4.90 Å². The molecular weight excluding hydrogens is 142 g/mol. The fourth-order valence-electron chi connectivity index (χ4n) is 0.996. The van der Waals surface area contributed by atoms with Gasteiger partial charge in [-0.25, -0.2) is 4.79 Å². The van der Waals surface area contributed by atoms with Crippen molar-refractivity contribution in [1.82, 2.24) is 4.90 Å². The number of nitrogens with zero attached hydrogens (tertiary/aromatic N) is 1. The third kappa shape index (κ3) is 1.73. The van der Waals surface area contributed by atoms with Gasteiger partial charge in [-0.1, -0.05) is 19.9 Å². The number of unbranched alkanes of at least 4 members (excludes halogenated alkanes) is 1. The van der Waals surface area contributed by atoms with Crippen molar-refractivity contribution in [2.24, 2.45) is 0 Å². The van der Waals surface area contributed by atoms with Crippen LogP contribution in [0, 0.1) is 0 Å².